The SMILES string of the molecule is CC/C=C\C/C=C\C/C=C\CCCCCCCC(=O)OC(COC(=O)CCCCCCCCCCCCCCCCCCC)COP(=O)(O)OCC(N)C(=O)O. The zero-order chi connectivity index (χ0) is 41.4. The van der Waals surface area contributed by atoms with E-state index in [1.54, 1.807) is 0 Å². The lowest BCUT2D eigenvalue weighted by atomic mass is 10.0. The summed E-state index contributed by atoms with van der Waals surface area (Å²) < 4.78 is 32.7. The first-order valence-electron chi connectivity index (χ1n) is 22.0. The topological polar surface area (TPSA) is 172 Å². The molecular weight excluding hydrogens is 733 g/mol. The van der Waals surface area contributed by atoms with Crippen molar-refractivity contribution in [2.75, 3.05) is 19.8 Å². The molecule has 0 aliphatic carbocycles. The van der Waals surface area contributed by atoms with Crippen LogP contribution in [0.5, 0.6) is 0 Å². The molecule has 0 heterocycles. The summed E-state index contributed by atoms with van der Waals surface area (Å²) in [5, 5.41) is 8.89. The molecule has 0 aliphatic rings. The Bertz CT molecular complexity index is 1100. The maximum atomic E-state index is 12.6. The number of phosphoric acid groups is 1. The number of hydrogen-bond donors (Lipinski definition) is 3. The number of aliphatic carboxylic acids is 1. The maximum Gasteiger partial charge on any atom is 0.472 e. The van der Waals surface area contributed by atoms with Crippen molar-refractivity contribution in [2.45, 2.75) is 206 Å². The minimum absolute atomic E-state index is 0.143. The van der Waals surface area contributed by atoms with Gasteiger partial charge in [-0.2, -0.15) is 0 Å². The van der Waals surface area contributed by atoms with Crippen molar-refractivity contribution in [3.63, 3.8) is 0 Å². The Labute approximate surface area is 340 Å². The third-order valence-electron chi connectivity index (χ3n) is 9.40. The minimum Gasteiger partial charge on any atom is -0.480 e. The Morgan fingerprint density at radius 3 is 1.50 bits per heavy atom. The number of carboxylic acids is 1. The van der Waals surface area contributed by atoms with Crippen molar-refractivity contribution in [1.82, 2.24) is 0 Å². The lowest BCUT2D eigenvalue weighted by Gasteiger charge is -2.20. The second-order valence-electron chi connectivity index (χ2n) is 14.8. The van der Waals surface area contributed by atoms with Crippen LogP contribution in [0.3, 0.4) is 0 Å². The lowest BCUT2D eigenvalue weighted by molar-refractivity contribution is -0.161. The van der Waals surface area contributed by atoms with Gasteiger partial charge in [-0.25, -0.2) is 4.57 Å². The van der Waals surface area contributed by atoms with Gasteiger partial charge >= 0.3 is 25.7 Å². The Kier molecular flexibility index (Phi) is 37.9. The smallest absolute Gasteiger partial charge is 0.472 e. The first kappa shape index (κ1) is 53.7. The number of rotatable bonds is 41. The van der Waals surface area contributed by atoms with Crippen LogP contribution in [0.1, 0.15) is 194 Å². The van der Waals surface area contributed by atoms with Gasteiger partial charge in [-0.05, 0) is 44.9 Å². The largest absolute Gasteiger partial charge is 0.480 e. The van der Waals surface area contributed by atoms with E-state index in [9.17, 15) is 23.8 Å². The van der Waals surface area contributed by atoms with E-state index >= 15 is 0 Å². The van der Waals surface area contributed by atoms with Gasteiger partial charge in [0, 0.05) is 12.8 Å². The van der Waals surface area contributed by atoms with Gasteiger partial charge in [0.15, 0.2) is 6.10 Å². The van der Waals surface area contributed by atoms with Crippen LogP contribution in [-0.4, -0.2) is 59.9 Å². The highest BCUT2D eigenvalue weighted by Gasteiger charge is 2.28. The average Bonchev–Trinajstić information content (AvgIpc) is 3.17. The number of hydrogen-bond acceptors (Lipinski definition) is 9. The summed E-state index contributed by atoms with van der Waals surface area (Å²) in [5.74, 6) is -2.39. The molecule has 0 aromatic rings. The van der Waals surface area contributed by atoms with Crippen molar-refractivity contribution in [2.24, 2.45) is 5.73 Å². The van der Waals surface area contributed by atoms with Crippen molar-refractivity contribution in [3.05, 3.63) is 36.5 Å². The highest BCUT2D eigenvalue weighted by Crippen LogP contribution is 2.43. The standard InChI is InChI=1S/C44H80NO10P/c1-3-5-7-9-11-13-15-17-19-20-22-23-25-27-29-31-33-35-42(46)52-37-40(38-53-56(50,51)54-39-41(45)44(48)49)55-43(47)36-34-32-30-28-26-24-21-18-16-14-12-10-8-6-4-2/h6,8,12,14,18,21,40-41H,3-5,7,9-11,13,15-17,19-20,22-39,45H2,1-2H3,(H,48,49)(H,50,51)/b8-6-,14-12-,21-18-. The predicted molar refractivity (Wildman–Crippen MR) is 226 cm³/mol. The van der Waals surface area contributed by atoms with Crippen molar-refractivity contribution >= 4 is 25.7 Å². The molecule has 0 aliphatic heterocycles. The third kappa shape index (κ3) is 38.6. The van der Waals surface area contributed by atoms with Crippen molar-refractivity contribution in [1.29, 1.82) is 0 Å². The van der Waals surface area contributed by atoms with Gasteiger partial charge in [0.05, 0.1) is 13.2 Å². The van der Waals surface area contributed by atoms with E-state index in [0.29, 0.717) is 12.8 Å². The first-order valence-corrected chi connectivity index (χ1v) is 23.5. The van der Waals surface area contributed by atoms with E-state index in [-0.39, 0.29) is 19.4 Å². The van der Waals surface area contributed by atoms with Gasteiger partial charge < -0.3 is 25.2 Å². The fraction of sp³-hybridized carbons (Fsp3) is 0.795. The molecule has 0 fully saturated rings. The molecule has 0 saturated heterocycles. The molecule has 0 radical (unpaired) electrons. The molecule has 0 aromatic carbocycles. The molecule has 3 unspecified atom stereocenters. The molecule has 0 spiro atoms. The number of carbonyl (C=O) groups is 3. The minimum atomic E-state index is -4.72. The van der Waals surface area contributed by atoms with Crippen LogP contribution in [0.15, 0.2) is 36.5 Å². The second-order valence-corrected chi connectivity index (χ2v) is 16.3. The van der Waals surface area contributed by atoms with E-state index in [2.05, 4.69) is 54.8 Å². The molecule has 4 N–H and O–H groups in total. The normalized spacial score (nSPS) is 14.1. The summed E-state index contributed by atoms with van der Waals surface area (Å²) in [6, 6.07) is -1.52. The molecule has 11 nitrogen and oxygen atoms in total. The Hall–Kier alpha value is -2.30. The van der Waals surface area contributed by atoms with Crippen LogP contribution in [0.4, 0.5) is 0 Å². The van der Waals surface area contributed by atoms with E-state index in [4.69, 9.17) is 24.8 Å². The molecular formula is C44H80NO10P. The summed E-state index contributed by atoms with van der Waals surface area (Å²) in [6.07, 6.45) is 42.1. The fourth-order valence-corrected chi connectivity index (χ4v) is 6.74. The molecule has 326 valence electrons. The summed E-state index contributed by atoms with van der Waals surface area (Å²) in [4.78, 5) is 46.0. The van der Waals surface area contributed by atoms with Gasteiger partial charge in [0.25, 0.3) is 0 Å². The number of phosphoric ester groups is 1. The molecule has 12 heteroatoms. The number of carboxylic acid groups (broad SMARTS) is 1. The Morgan fingerprint density at radius 2 is 1.00 bits per heavy atom. The third-order valence-corrected chi connectivity index (χ3v) is 10.4. The average molecular weight is 814 g/mol. The van der Waals surface area contributed by atoms with E-state index < -0.39 is 51.1 Å². The Balaban J connectivity index is 4.35. The number of carbonyl (C=O) groups excluding carboxylic acids is 2. The van der Waals surface area contributed by atoms with E-state index in [1.807, 2.05) is 0 Å². The van der Waals surface area contributed by atoms with E-state index in [1.165, 1.54) is 83.5 Å². The Morgan fingerprint density at radius 1 is 0.571 bits per heavy atom. The van der Waals surface area contributed by atoms with Gasteiger partial charge in [-0.1, -0.05) is 172 Å². The van der Waals surface area contributed by atoms with Crippen molar-refractivity contribution < 1.29 is 47.5 Å². The van der Waals surface area contributed by atoms with Gasteiger partial charge in [-0.3, -0.25) is 23.4 Å². The van der Waals surface area contributed by atoms with Crippen LogP contribution < -0.4 is 5.73 Å². The number of nitrogens with two attached hydrogens (primary N) is 1. The number of ether oxygens (including phenoxy) is 2. The summed E-state index contributed by atoms with van der Waals surface area (Å²) in [7, 11) is -4.72. The highest BCUT2D eigenvalue weighted by molar-refractivity contribution is 7.47. The predicted octanol–water partition coefficient (Wildman–Crippen LogP) is 11.6. The second kappa shape index (κ2) is 39.5. The zero-order valence-electron chi connectivity index (χ0n) is 35.2. The molecule has 56 heavy (non-hydrogen) atoms. The summed E-state index contributed by atoms with van der Waals surface area (Å²) in [5.41, 5.74) is 5.33. The quantitative estimate of drug-likeness (QED) is 0.0232. The van der Waals surface area contributed by atoms with E-state index in [0.717, 1.165) is 70.6 Å². The van der Waals surface area contributed by atoms with Crippen LogP contribution in [0.25, 0.3) is 0 Å². The molecule has 0 aromatic heterocycles. The first-order chi connectivity index (χ1) is 27.1. The van der Waals surface area contributed by atoms with Crippen LogP contribution in [-0.2, 0) is 37.5 Å². The number of unbranched alkanes of at least 4 members (excludes halogenated alkanes) is 21. The highest BCUT2D eigenvalue weighted by atomic mass is 31.2. The van der Waals surface area contributed by atoms with Gasteiger partial charge in [0.1, 0.15) is 12.6 Å². The number of esters is 2. The summed E-state index contributed by atoms with van der Waals surface area (Å²) >= 11 is 0. The molecule has 0 rings (SSSR count). The van der Waals surface area contributed by atoms with Crippen molar-refractivity contribution in [3.8, 4) is 0 Å². The molecule has 3 atom stereocenters. The lowest BCUT2D eigenvalue weighted by Crippen LogP contribution is -2.34. The van der Waals surface area contributed by atoms with Crippen LogP contribution in [0, 0.1) is 0 Å². The molecule has 0 bridgehead atoms. The molecule has 0 amide bonds. The monoisotopic (exact) mass is 814 g/mol. The van der Waals surface area contributed by atoms with Gasteiger partial charge in [0.2, 0.25) is 0 Å². The summed E-state index contributed by atoms with van der Waals surface area (Å²) in [6.45, 7) is 2.69. The maximum absolute atomic E-state index is 12.6. The molecule has 0 saturated carbocycles. The fourth-order valence-electron chi connectivity index (χ4n) is 5.96. The number of allylic oxidation sites excluding steroid dienone is 6. The van der Waals surface area contributed by atoms with Crippen LogP contribution in [0.2, 0.25) is 0 Å². The van der Waals surface area contributed by atoms with Gasteiger partial charge in [-0.15, -0.1) is 0 Å². The zero-order valence-corrected chi connectivity index (χ0v) is 36.1. The van der Waals surface area contributed by atoms with Crippen LogP contribution >= 0.6 is 7.82 Å².